The SMILES string of the molecule is CCc1ccc(OC)c(C2(CCO)COC2)c1. The number of aryl methyl sites for hydroxylation is 1. The lowest BCUT2D eigenvalue weighted by Crippen LogP contribution is -2.47. The number of rotatable bonds is 5. The molecule has 1 aromatic carbocycles. The van der Waals surface area contributed by atoms with E-state index in [2.05, 4.69) is 19.1 Å². The molecule has 0 atom stereocenters. The van der Waals surface area contributed by atoms with Crippen LogP contribution in [0.15, 0.2) is 18.2 Å². The highest BCUT2D eigenvalue weighted by Gasteiger charge is 2.41. The van der Waals surface area contributed by atoms with Crippen molar-refractivity contribution in [2.45, 2.75) is 25.2 Å². The van der Waals surface area contributed by atoms with Crippen molar-refractivity contribution in [1.82, 2.24) is 0 Å². The van der Waals surface area contributed by atoms with Crippen molar-refractivity contribution in [2.75, 3.05) is 26.9 Å². The first kappa shape index (κ1) is 12.4. The number of aliphatic hydroxyl groups excluding tert-OH is 1. The van der Waals surface area contributed by atoms with Gasteiger partial charge in [0.05, 0.1) is 20.3 Å². The molecule has 17 heavy (non-hydrogen) atoms. The maximum atomic E-state index is 9.22. The Hall–Kier alpha value is -1.06. The minimum Gasteiger partial charge on any atom is -0.496 e. The van der Waals surface area contributed by atoms with Gasteiger partial charge in [-0.15, -0.1) is 0 Å². The summed E-state index contributed by atoms with van der Waals surface area (Å²) in [6, 6.07) is 6.30. The highest BCUT2D eigenvalue weighted by molar-refractivity contribution is 5.44. The summed E-state index contributed by atoms with van der Waals surface area (Å²) in [5, 5.41) is 9.22. The molecule has 94 valence electrons. The molecule has 1 aromatic rings. The van der Waals surface area contributed by atoms with Crippen LogP contribution < -0.4 is 4.74 Å². The van der Waals surface area contributed by atoms with Gasteiger partial charge in [-0.25, -0.2) is 0 Å². The van der Waals surface area contributed by atoms with E-state index in [4.69, 9.17) is 9.47 Å². The Kier molecular flexibility index (Phi) is 3.69. The molecule has 0 saturated carbocycles. The van der Waals surface area contributed by atoms with E-state index < -0.39 is 0 Å². The van der Waals surface area contributed by atoms with E-state index in [0.717, 1.165) is 18.6 Å². The average molecular weight is 236 g/mol. The van der Waals surface area contributed by atoms with Crippen LogP contribution in [0.2, 0.25) is 0 Å². The number of aliphatic hydroxyl groups is 1. The summed E-state index contributed by atoms with van der Waals surface area (Å²) in [4.78, 5) is 0. The summed E-state index contributed by atoms with van der Waals surface area (Å²) >= 11 is 0. The van der Waals surface area contributed by atoms with Crippen LogP contribution >= 0.6 is 0 Å². The lowest BCUT2D eigenvalue weighted by molar-refractivity contribution is -0.0709. The van der Waals surface area contributed by atoms with Crippen molar-refractivity contribution in [3.8, 4) is 5.75 Å². The molecule has 0 amide bonds. The fourth-order valence-electron chi connectivity index (χ4n) is 2.39. The molecule has 1 aliphatic heterocycles. The molecular weight excluding hydrogens is 216 g/mol. The minimum absolute atomic E-state index is 0.0503. The smallest absolute Gasteiger partial charge is 0.122 e. The van der Waals surface area contributed by atoms with Crippen molar-refractivity contribution >= 4 is 0 Å². The molecule has 3 nitrogen and oxygen atoms in total. The zero-order valence-electron chi connectivity index (χ0n) is 10.5. The van der Waals surface area contributed by atoms with Crippen molar-refractivity contribution in [1.29, 1.82) is 0 Å². The molecule has 1 heterocycles. The molecule has 1 N–H and O–H groups in total. The van der Waals surface area contributed by atoms with Crippen LogP contribution in [0.3, 0.4) is 0 Å². The molecule has 0 aliphatic carbocycles. The number of benzene rings is 1. The lowest BCUT2D eigenvalue weighted by Gasteiger charge is -2.42. The molecule has 0 bridgehead atoms. The van der Waals surface area contributed by atoms with Crippen LogP contribution in [0.1, 0.15) is 24.5 Å². The Balaban J connectivity index is 2.40. The van der Waals surface area contributed by atoms with E-state index in [1.54, 1.807) is 7.11 Å². The molecule has 2 rings (SSSR count). The normalized spacial score (nSPS) is 17.6. The first-order chi connectivity index (χ1) is 8.25. The van der Waals surface area contributed by atoms with Gasteiger partial charge in [0.1, 0.15) is 5.75 Å². The predicted molar refractivity (Wildman–Crippen MR) is 66.6 cm³/mol. The standard InChI is InChI=1S/C14H20O3/c1-3-11-4-5-13(16-2)12(8-11)14(6-7-15)9-17-10-14/h4-5,8,15H,3,6-7,9-10H2,1-2H3. The zero-order valence-corrected chi connectivity index (χ0v) is 10.5. The minimum atomic E-state index is -0.0503. The number of ether oxygens (including phenoxy) is 2. The molecule has 0 spiro atoms. The van der Waals surface area contributed by atoms with Crippen LogP contribution in [0.5, 0.6) is 5.75 Å². The second-order valence-corrected chi connectivity index (χ2v) is 4.63. The summed E-state index contributed by atoms with van der Waals surface area (Å²) < 4.78 is 10.8. The molecule has 3 heteroatoms. The van der Waals surface area contributed by atoms with Gasteiger partial charge in [-0.3, -0.25) is 0 Å². The van der Waals surface area contributed by atoms with Gasteiger partial charge in [0.15, 0.2) is 0 Å². The highest BCUT2D eigenvalue weighted by atomic mass is 16.5. The van der Waals surface area contributed by atoms with Gasteiger partial charge in [-0.1, -0.05) is 19.1 Å². The van der Waals surface area contributed by atoms with Gasteiger partial charge in [0.25, 0.3) is 0 Å². The third-order valence-electron chi connectivity index (χ3n) is 3.59. The average Bonchev–Trinajstić information content (AvgIpc) is 2.33. The monoisotopic (exact) mass is 236 g/mol. The largest absolute Gasteiger partial charge is 0.496 e. The van der Waals surface area contributed by atoms with Crippen LogP contribution in [0, 0.1) is 0 Å². The molecule has 0 unspecified atom stereocenters. The molecule has 1 saturated heterocycles. The predicted octanol–water partition coefficient (Wildman–Crippen LogP) is 1.91. The van der Waals surface area contributed by atoms with Crippen LogP contribution in [-0.2, 0) is 16.6 Å². The van der Waals surface area contributed by atoms with Gasteiger partial charge >= 0.3 is 0 Å². The summed E-state index contributed by atoms with van der Waals surface area (Å²) in [5.74, 6) is 0.902. The Bertz CT molecular complexity index is 383. The second-order valence-electron chi connectivity index (χ2n) is 4.63. The number of hydrogen-bond acceptors (Lipinski definition) is 3. The Morgan fingerprint density at radius 1 is 1.41 bits per heavy atom. The maximum Gasteiger partial charge on any atom is 0.122 e. The summed E-state index contributed by atoms with van der Waals surface area (Å²) in [7, 11) is 1.69. The summed E-state index contributed by atoms with van der Waals surface area (Å²) in [6.07, 6.45) is 1.74. The van der Waals surface area contributed by atoms with Crippen LogP contribution in [-0.4, -0.2) is 32.0 Å². The number of methoxy groups -OCH3 is 1. The fraction of sp³-hybridized carbons (Fsp3) is 0.571. The van der Waals surface area contributed by atoms with Crippen molar-refractivity contribution in [2.24, 2.45) is 0 Å². The highest BCUT2D eigenvalue weighted by Crippen LogP contribution is 2.41. The molecule has 0 radical (unpaired) electrons. The van der Waals surface area contributed by atoms with Crippen LogP contribution in [0.4, 0.5) is 0 Å². The van der Waals surface area contributed by atoms with Gasteiger partial charge in [-0.05, 0) is 24.5 Å². The zero-order chi connectivity index (χ0) is 12.3. The van der Waals surface area contributed by atoms with Crippen molar-refractivity contribution in [3.63, 3.8) is 0 Å². The van der Waals surface area contributed by atoms with Crippen molar-refractivity contribution in [3.05, 3.63) is 29.3 Å². The maximum absolute atomic E-state index is 9.22. The van der Waals surface area contributed by atoms with E-state index in [9.17, 15) is 5.11 Å². The molecule has 1 aliphatic rings. The fourth-order valence-corrected chi connectivity index (χ4v) is 2.39. The van der Waals surface area contributed by atoms with Crippen LogP contribution in [0.25, 0.3) is 0 Å². The van der Waals surface area contributed by atoms with Gasteiger partial charge < -0.3 is 14.6 Å². The van der Waals surface area contributed by atoms with E-state index in [-0.39, 0.29) is 12.0 Å². The quantitative estimate of drug-likeness (QED) is 0.848. The summed E-state index contributed by atoms with van der Waals surface area (Å²) in [5.41, 5.74) is 2.43. The molecule has 1 fully saturated rings. The van der Waals surface area contributed by atoms with E-state index in [1.807, 2.05) is 6.07 Å². The third-order valence-corrected chi connectivity index (χ3v) is 3.59. The number of hydrogen-bond donors (Lipinski definition) is 1. The van der Waals surface area contributed by atoms with E-state index >= 15 is 0 Å². The van der Waals surface area contributed by atoms with Crippen molar-refractivity contribution < 1.29 is 14.6 Å². The topological polar surface area (TPSA) is 38.7 Å². The summed E-state index contributed by atoms with van der Waals surface area (Å²) in [6.45, 7) is 3.68. The Labute approximate surface area is 102 Å². The lowest BCUT2D eigenvalue weighted by atomic mass is 9.75. The van der Waals surface area contributed by atoms with E-state index in [0.29, 0.717) is 13.2 Å². The van der Waals surface area contributed by atoms with Gasteiger partial charge in [0, 0.05) is 17.6 Å². The molecular formula is C14H20O3. The van der Waals surface area contributed by atoms with E-state index in [1.165, 1.54) is 11.1 Å². The van der Waals surface area contributed by atoms with Gasteiger partial charge in [-0.2, -0.15) is 0 Å². The first-order valence-electron chi connectivity index (χ1n) is 6.12. The Morgan fingerprint density at radius 3 is 2.65 bits per heavy atom. The molecule has 0 aromatic heterocycles. The second kappa shape index (κ2) is 5.07. The Morgan fingerprint density at radius 2 is 2.18 bits per heavy atom. The van der Waals surface area contributed by atoms with Gasteiger partial charge in [0.2, 0.25) is 0 Å². The first-order valence-corrected chi connectivity index (χ1v) is 6.12. The third kappa shape index (κ3) is 2.17.